The number of rotatable bonds is 8. The minimum Gasteiger partial charge on any atom is -0.506 e. The molecule has 0 bridgehead atoms. The van der Waals surface area contributed by atoms with Crippen LogP contribution in [0.25, 0.3) is 0 Å². The van der Waals surface area contributed by atoms with E-state index in [1.807, 2.05) is 0 Å². The van der Waals surface area contributed by atoms with E-state index in [9.17, 15) is 18.4 Å². The molecule has 1 atom stereocenters. The standard InChI is InChI=1S/C12H18F2N2O4/c1-4-20-12(19)9(10(18)11(13)14)6-15-16-7(2)5-8(3)17/h6-7,11,16,18H,4-5H2,1-3H3. The molecular formula is C12H18F2N2O4. The smallest absolute Gasteiger partial charge is 0.343 e. The van der Waals surface area contributed by atoms with Crippen molar-refractivity contribution in [1.29, 1.82) is 0 Å². The largest absolute Gasteiger partial charge is 0.506 e. The zero-order valence-electron chi connectivity index (χ0n) is 11.5. The van der Waals surface area contributed by atoms with Crippen LogP contribution in [0.3, 0.4) is 0 Å². The zero-order chi connectivity index (χ0) is 15.7. The highest BCUT2D eigenvalue weighted by molar-refractivity contribution is 6.09. The van der Waals surface area contributed by atoms with E-state index in [2.05, 4.69) is 15.3 Å². The molecule has 0 rings (SSSR count). The first-order valence-corrected chi connectivity index (χ1v) is 5.96. The van der Waals surface area contributed by atoms with Crippen molar-refractivity contribution >= 4 is 18.0 Å². The molecule has 0 saturated carbocycles. The van der Waals surface area contributed by atoms with Crippen molar-refractivity contribution < 1.29 is 28.2 Å². The number of alkyl halides is 2. The molecule has 0 amide bonds. The topological polar surface area (TPSA) is 88.0 Å². The van der Waals surface area contributed by atoms with Gasteiger partial charge in [0.25, 0.3) is 6.43 Å². The molecule has 8 heteroatoms. The van der Waals surface area contributed by atoms with Gasteiger partial charge in [-0.05, 0) is 20.8 Å². The molecule has 0 aliphatic heterocycles. The Balaban J connectivity index is 4.87. The van der Waals surface area contributed by atoms with Crippen molar-refractivity contribution in [2.45, 2.75) is 39.7 Å². The number of aliphatic hydroxyl groups is 1. The molecule has 0 radical (unpaired) electrons. The molecule has 114 valence electrons. The average Bonchev–Trinajstić information content (AvgIpc) is 2.33. The van der Waals surface area contributed by atoms with Crippen LogP contribution in [0, 0.1) is 0 Å². The van der Waals surface area contributed by atoms with Gasteiger partial charge in [0.1, 0.15) is 11.4 Å². The number of halogens is 2. The van der Waals surface area contributed by atoms with Crippen molar-refractivity contribution in [3.63, 3.8) is 0 Å². The molecule has 0 spiro atoms. The van der Waals surface area contributed by atoms with Crippen molar-refractivity contribution in [3.05, 3.63) is 11.3 Å². The Hall–Kier alpha value is -1.99. The van der Waals surface area contributed by atoms with Crippen LogP contribution in [0.1, 0.15) is 27.2 Å². The number of ether oxygens (including phenoxy) is 1. The van der Waals surface area contributed by atoms with Crippen LogP contribution in [-0.2, 0) is 14.3 Å². The molecule has 1 unspecified atom stereocenters. The highest BCUT2D eigenvalue weighted by Gasteiger charge is 2.21. The first-order valence-electron chi connectivity index (χ1n) is 5.96. The number of hydrogen-bond acceptors (Lipinski definition) is 6. The number of carbonyl (C=O) groups excluding carboxylic acids is 2. The molecule has 0 aliphatic rings. The van der Waals surface area contributed by atoms with E-state index < -0.39 is 23.7 Å². The number of esters is 1. The van der Waals surface area contributed by atoms with Gasteiger partial charge in [-0.2, -0.15) is 5.10 Å². The SMILES string of the molecule is CCOC(=O)C(C=NNC(C)CC(C)=O)=C(O)C(F)F. The van der Waals surface area contributed by atoms with Crippen LogP contribution in [0.5, 0.6) is 0 Å². The van der Waals surface area contributed by atoms with E-state index in [4.69, 9.17) is 5.11 Å². The van der Waals surface area contributed by atoms with Gasteiger partial charge < -0.3 is 15.3 Å². The molecule has 0 saturated heterocycles. The lowest BCUT2D eigenvalue weighted by Gasteiger charge is -2.09. The second kappa shape index (κ2) is 9.00. The molecule has 0 heterocycles. The Labute approximate surface area is 115 Å². The minimum absolute atomic E-state index is 0.0269. The van der Waals surface area contributed by atoms with E-state index >= 15 is 0 Å². The van der Waals surface area contributed by atoms with Crippen LogP contribution in [0.4, 0.5) is 8.78 Å². The predicted molar refractivity (Wildman–Crippen MR) is 68.7 cm³/mol. The molecule has 0 aromatic heterocycles. The molecule has 0 fully saturated rings. The number of allylic oxidation sites excluding steroid dienone is 1. The lowest BCUT2D eigenvalue weighted by Crippen LogP contribution is -2.24. The summed E-state index contributed by atoms with van der Waals surface area (Å²) in [6, 6.07) is -0.333. The number of nitrogens with zero attached hydrogens (tertiary/aromatic N) is 1. The number of Topliss-reactive ketones (excluding diaryl/α,β-unsaturated/α-hetero) is 1. The molecule has 0 aromatic carbocycles. The van der Waals surface area contributed by atoms with Crippen LogP contribution >= 0.6 is 0 Å². The first-order chi connectivity index (χ1) is 9.29. The second-order valence-corrected chi connectivity index (χ2v) is 4.01. The van der Waals surface area contributed by atoms with Gasteiger partial charge in [-0.1, -0.05) is 0 Å². The highest BCUT2D eigenvalue weighted by Crippen LogP contribution is 2.11. The van der Waals surface area contributed by atoms with Gasteiger partial charge >= 0.3 is 5.97 Å². The summed E-state index contributed by atoms with van der Waals surface area (Å²) in [5.74, 6) is -2.58. The Bertz CT molecular complexity index is 408. The molecule has 2 N–H and O–H groups in total. The molecule has 0 aromatic rings. The summed E-state index contributed by atoms with van der Waals surface area (Å²) in [6.45, 7) is 4.52. The number of hydrogen-bond donors (Lipinski definition) is 2. The van der Waals surface area contributed by atoms with Gasteiger partial charge in [-0.15, -0.1) is 0 Å². The van der Waals surface area contributed by atoms with Gasteiger partial charge in [-0.3, -0.25) is 4.79 Å². The van der Waals surface area contributed by atoms with E-state index in [1.54, 1.807) is 6.92 Å². The Morgan fingerprint density at radius 3 is 2.50 bits per heavy atom. The normalized spacial score (nSPS) is 14.1. The molecule has 0 aliphatic carbocycles. The predicted octanol–water partition coefficient (Wildman–Crippen LogP) is 1.57. The summed E-state index contributed by atoms with van der Waals surface area (Å²) >= 11 is 0. The fourth-order valence-electron chi connectivity index (χ4n) is 1.26. The van der Waals surface area contributed by atoms with E-state index in [0.29, 0.717) is 0 Å². The fraction of sp³-hybridized carbons (Fsp3) is 0.583. The fourth-order valence-corrected chi connectivity index (χ4v) is 1.26. The van der Waals surface area contributed by atoms with Gasteiger partial charge in [0.05, 0.1) is 12.8 Å². The third-order valence-corrected chi connectivity index (χ3v) is 2.06. The van der Waals surface area contributed by atoms with Gasteiger partial charge in [0.2, 0.25) is 0 Å². The van der Waals surface area contributed by atoms with E-state index in [-0.39, 0.29) is 24.9 Å². The Kier molecular flexibility index (Phi) is 8.10. The molecular weight excluding hydrogens is 274 g/mol. The van der Waals surface area contributed by atoms with Crippen molar-refractivity contribution in [2.75, 3.05) is 6.61 Å². The third-order valence-electron chi connectivity index (χ3n) is 2.06. The quantitative estimate of drug-likeness (QED) is 0.233. The summed E-state index contributed by atoms with van der Waals surface area (Å²) in [7, 11) is 0. The lowest BCUT2D eigenvalue weighted by molar-refractivity contribution is -0.138. The maximum atomic E-state index is 12.4. The first kappa shape index (κ1) is 18.0. The Morgan fingerprint density at radius 2 is 2.05 bits per heavy atom. The Morgan fingerprint density at radius 1 is 1.45 bits per heavy atom. The zero-order valence-corrected chi connectivity index (χ0v) is 11.5. The van der Waals surface area contributed by atoms with Gasteiger partial charge in [-0.25, -0.2) is 13.6 Å². The van der Waals surface area contributed by atoms with E-state index in [1.165, 1.54) is 13.8 Å². The maximum Gasteiger partial charge on any atom is 0.343 e. The van der Waals surface area contributed by atoms with E-state index in [0.717, 1.165) is 6.21 Å². The average molecular weight is 292 g/mol. The van der Waals surface area contributed by atoms with Crippen molar-refractivity contribution in [2.24, 2.45) is 5.10 Å². The van der Waals surface area contributed by atoms with Gasteiger partial charge in [0.15, 0.2) is 5.76 Å². The van der Waals surface area contributed by atoms with Crippen LogP contribution in [-0.4, -0.2) is 42.1 Å². The number of hydrazone groups is 1. The van der Waals surface area contributed by atoms with Crippen LogP contribution < -0.4 is 5.43 Å². The highest BCUT2D eigenvalue weighted by atomic mass is 19.3. The number of carbonyl (C=O) groups is 2. The number of nitrogens with one attached hydrogen (secondary N) is 1. The molecule has 6 nitrogen and oxygen atoms in total. The number of aliphatic hydroxyl groups excluding tert-OH is 1. The molecule has 20 heavy (non-hydrogen) atoms. The summed E-state index contributed by atoms with van der Waals surface area (Å²) in [6.07, 6.45) is -2.28. The number of ketones is 1. The summed E-state index contributed by atoms with van der Waals surface area (Å²) in [5, 5.41) is 12.7. The van der Waals surface area contributed by atoms with Crippen LogP contribution in [0.15, 0.2) is 16.4 Å². The third kappa shape index (κ3) is 6.81. The van der Waals surface area contributed by atoms with Crippen molar-refractivity contribution in [3.8, 4) is 0 Å². The summed E-state index contributed by atoms with van der Waals surface area (Å²) < 4.78 is 29.3. The monoisotopic (exact) mass is 292 g/mol. The minimum atomic E-state index is -3.21. The second-order valence-electron chi connectivity index (χ2n) is 4.01. The van der Waals surface area contributed by atoms with Gasteiger partial charge in [0, 0.05) is 12.5 Å². The van der Waals surface area contributed by atoms with Crippen molar-refractivity contribution in [1.82, 2.24) is 5.43 Å². The van der Waals surface area contributed by atoms with Crippen LogP contribution in [0.2, 0.25) is 0 Å². The summed E-state index contributed by atoms with van der Waals surface area (Å²) in [4.78, 5) is 22.2. The maximum absolute atomic E-state index is 12.4. The summed E-state index contributed by atoms with van der Waals surface area (Å²) in [5.41, 5.74) is 1.75. The lowest BCUT2D eigenvalue weighted by atomic mass is 10.2.